The van der Waals surface area contributed by atoms with Gasteiger partial charge in [0.2, 0.25) is 6.79 Å². The van der Waals surface area contributed by atoms with E-state index in [2.05, 4.69) is 52.4 Å². The molecule has 0 amide bonds. The Hall–Kier alpha value is -3.51. The predicted molar refractivity (Wildman–Crippen MR) is 119 cm³/mol. The van der Waals surface area contributed by atoms with Crippen LogP contribution in [0.1, 0.15) is 0 Å². The Morgan fingerprint density at radius 2 is 1.70 bits per heavy atom. The maximum absolute atomic E-state index is 5.54. The van der Waals surface area contributed by atoms with Gasteiger partial charge in [-0.2, -0.15) is 0 Å². The second-order valence-electron chi connectivity index (χ2n) is 7.13. The Balaban J connectivity index is 1.54. The number of nitrogens with one attached hydrogen (secondary N) is 2. The lowest BCUT2D eigenvalue weighted by atomic mass is 10.2. The quantitative estimate of drug-likeness (QED) is 0.367. The van der Waals surface area contributed by atoms with Crippen molar-refractivity contribution < 1.29 is 14.2 Å². The molecule has 0 unspecified atom stereocenters. The highest BCUT2D eigenvalue weighted by Gasteiger charge is 2.19. The van der Waals surface area contributed by atoms with Crippen LogP contribution in [0.2, 0.25) is 0 Å². The van der Waals surface area contributed by atoms with E-state index in [1.807, 2.05) is 24.3 Å². The van der Waals surface area contributed by atoms with Crippen LogP contribution in [-0.2, 0) is 0 Å². The zero-order valence-corrected chi connectivity index (χ0v) is 17.0. The first-order valence-electron chi connectivity index (χ1n) is 9.64. The van der Waals surface area contributed by atoms with E-state index in [1.54, 1.807) is 18.9 Å². The summed E-state index contributed by atoms with van der Waals surface area (Å²) in [6, 6.07) is 22.7. The summed E-state index contributed by atoms with van der Waals surface area (Å²) in [6.45, 7) is 0.274. The van der Waals surface area contributed by atoms with Crippen LogP contribution in [0.25, 0.3) is 33.2 Å². The Labute approximate surface area is 177 Å². The smallest absolute Gasteiger partial charge is 0.231 e. The van der Waals surface area contributed by atoms with E-state index in [-0.39, 0.29) is 6.79 Å². The second kappa shape index (κ2) is 6.78. The molecule has 6 rings (SSSR count). The Kier molecular flexibility index (Phi) is 3.92. The first kappa shape index (κ1) is 17.4. The van der Waals surface area contributed by atoms with Gasteiger partial charge in [-0.15, -0.1) is 0 Å². The molecule has 5 aromatic rings. The van der Waals surface area contributed by atoms with Gasteiger partial charge >= 0.3 is 0 Å². The van der Waals surface area contributed by atoms with Gasteiger partial charge in [0.25, 0.3) is 0 Å². The lowest BCUT2D eigenvalue weighted by molar-refractivity contribution is 0.174. The average molecular weight is 414 g/mol. The molecule has 1 aliphatic rings. The van der Waals surface area contributed by atoms with Gasteiger partial charge in [0.1, 0.15) is 5.75 Å². The molecule has 1 aliphatic heterocycles. The summed E-state index contributed by atoms with van der Waals surface area (Å²) in [5.74, 6) is 2.40. The topological polar surface area (TPSA) is 59.3 Å². The molecule has 0 radical (unpaired) electrons. The van der Waals surface area contributed by atoms with E-state index in [1.165, 1.54) is 4.90 Å². The highest BCUT2D eigenvalue weighted by atomic mass is 32.2. The standard InChI is InChI=1S/C24H18N2O3S/c1-27-15-7-8-18-17(11-15)24(30-16-5-3-2-4-6-16)23(26-18)20-9-14-10-21-22(29-13-28-21)12-19(14)25-20/h2-12,25-26H,13H2,1H3. The number of aromatic amines is 2. The van der Waals surface area contributed by atoms with Gasteiger partial charge < -0.3 is 24.2 Å². The molecule has 0 fully saturated rings. The first-order valence-corrected chi connectivity index (χ1v) is 10.5. The van der Waals surface area contributed by atoms with Crippen molar-refractivity contribution in [2.24, 2.45) is 0 Å². The van der Waals surface area contributed by atoms with E-state index in [4.69, 9.17) is 14.2 Å². The van der Waals surface area contributed by atoms with Gasteiger partial charge in [0, 0.05) is 37.7 Å². The molecule has 0 saturated carbocycles. The molecule has 30 heavy (non-hydrogen) atoms. The number of hydrogen-bond acceptors (Lipinski definition) is 4. The number of H-pyrrole nitrogens is 2. The van der Waals surface area contributed by atoms with E-state index in [0.717, 1.165) is 55.3 Å². The Bertz CT molecular complexity index is 1350. The molecule has 0 saturated heterocycles. The van der Waals surface area contributed by atoms with Crippen molar-refractivity contribution in [2.45, 2.75) is 9.79 Å². The van der Waals surface area contributed by atoms with Crippen LogP contribution < -0.4 is 14.2 Å². The van der Waals surface area contributed by atoms with Crippen molar-refractivity contribution in [3.05, 3.63) is 66.7 Å². The normalized spacial score (nSPS) is 12.7. The highest BCUT2D eigenvalue weighted by Crippen LogP contribution is 2.43. The summed E-state index contributed by atoms with van der Waals surface area (Å²) in [4.78, 5) is 9.48. The molecule has 3 aromatic carbocycles. The van der Waals surface area contributed by atoms with Gasteiger partial charge in [-0.1, -0.05) is 30.0 Å². The fourth-order valence-corrected chi connectivity index (χ4v) is 4.90. The third-order valence-corrected chi connectivity index (χ3v) is 6.44. The van der Waals surface area contributed by atoms with Crippen LogP contribution in [0.4, 0.5) is 0 Å². The molecule has 148 valence electrons. The highest BCUT2D eigenvalue weighted by molar-refractivity contribution is 7.99. The van der Waals surface area contributed by atoms with Crippen LogP contribution in [0, 0.1) is 0 Å². The van der Waals surface area contributed by atoms with Gasteiger partial charge in [-0.3, -0.25) is 0 Å². The molecule has 0 bridgehead atoms. The summed E-state index contributed by atoms with van der Waals surface area (Å²) >= 11 is 1.74. The van der Waals surface area contributed by atoms with Crippen molar-refractivity contribution in [1.82, 2.24) is 9.97 Å². The van der Waals surface area contributed by atoms with Crippen LogP contribution in [0.5, 0.6) is 17.2 Å². The average Bonchev–Trinajstić information content (AvgIpc) is 3.48. The molecule has 6 heteroatoms. The molecule has 2 aromatic heterocycles. The van der Waals surface area contributed by atoms with Crippen LogP contribution in [-0.4, -0.2) is 23.9 Å². The minimum Gasteiger partial charge on any atom is -0.497 e. The fourth-order valence-electron chi connectivity index (χ4n) is 3.83. The number of ether oxygens (including phenoxy) is 3. The monoisotopic (exact) mass is 414 g/mol. The number of hydrogen-bond donors (Lipinski definition) is 2. The summed E-state index contributed by atoms with van der Waals surface area (Å²) in [6.07, 6.45) is 0. The molecular formula is C24H18N2O3S. The van der Waals surface area contributed by atoms with E-state index >= 15 is 0 Å². The molecule has 3 heterocycles. The van der Waals surface area contributed by atoms with Crippen molar-refractivity contribution >= 4 is 33.6 Å². The van der Waals surface area contributed by atoms with E-state index in [0.29, 0.717) is 0 Å². The summed E-state index contributed by atoms with van der Waals surface area (Å²) in [7, 11) is 1.69. The van der Waals surface area contributed by atoms with Crippen molar-refractivity contribution in [1.29, 1.82) is 0 Å². The maximum Gasteiger partial charge on any atom is 0.231 e. The lowest BCUT2D eigenvalue weighted by Crippen LogP contribution is -1.92. The zero-order valence-electron chi connectivity index (χ0n) is 16.2. The van der Waals surface area contributed by atoms with Crippen molar-refractivity contribution in [3.8, 4) is 28.6 Å². The number of fused-ring (bicyclic) bond motifs is 3. The largest absolute Gasteiger partial charge is 0.497 e. The molecule has 2 N–H and O–H groups in total. The van der Waals surface area contributed by atoms with Gasteiger partial charge in [0.15, 0.2) is 11.5 Å². The van der Waals surface area contributed by atoms with Crippen LogP contribution in [0.3, 0.4) is 0 Å². The lowest BCUT2D eigenvalue weighted by Gasteiger charge is -2.05. The van der Waals surface area contributed by atoms with E-state index < -0.39 is 0 Å². The van der Waals surface area contributed by atoms with E-state index in [9.17, 15) is 0 Å². The van der Waals surface area contributed by atoms with Crippen LogP contribution in [0.15, 0.2) is 76.5 Å². The third kappa shape index (κ3) is 2.80. The Morgan fingerprint density at radius 1 is 0.867 bits per heavy atom. The van der Waals surface area contributed by atoms with Crippen molar-refractivity contribution in [2.75, 3.05) is 13.9 Å². The van der Waals surface area contributed by atoms with Crippen LogP contribution >= 0.6 is 11.8 Å². The number of aromatic nitrogens is 2. The molecule has 0 atom stereocenters. The van der Waals surface area contributed by atoms with Gasteiger partial charge in [-0.25, -0.2) is 0 Å². The SMILES string of the molecule is COc1ccc2[nH]c(-c3cc4cc5c(cc4[nH]3)OCO5)c(Sc3ccccc3)c2c1. The number of benzene rings is 3. The van der Waals surface area contributed by atoms with Gasteiger partial charge in [-0.05, 0) is 42.5 Å². The predicted octanol–water partition coefficient (Wildman–Crippen LogP) is 6.20. The second-order valence-corrected chi connectivity index (χ2v) is 8.22. The minimum absolute atomic E-state index is 0.274. The Morgan fingerprint density at radius 3 is 2.53 bits per heavy atom. The number of rotatable bonds is 4. The van der Waals surface area contributed by atoms with Gasteiger partial charge in [0.05, 0.1) is 18.5 Å². The number of methoxy groups -OCH3 is 1. The molecule has 0 aliphatic carbocycles. The summed E-state index contributed by atoms with van der Waals surface area (Å²) < 4.78 is 16.5. The van der Waals surface area contributed by atoms with Crippen molar-refractivity contribution in [3.63, 3.8) is 0 Å². The maximum atomic E-state index is 5.54. The first-order chi connectivity index (χ1) is 14.8. The minimum atomic E-state index is 0.274. The third-order valence-electron chi connectivity index (χ3n) is 5.30. The fraction of sp³-hybridized carbons (Fsp3) is 0.0833. The molecule has 0 spiro atoms. The summed E-state index contributed by atoms with van der Waals surface area (Å²) in [5.41, 5.74) is 4.14. The zero-order chi connectivity index (χ0) is 20.1. The summed E-state index contributed by atoms with van der Waals surface area (Å²) in [5, 5.41) is 2.21. The molecule has 5 nitrogen and oxygen atoms in total. The molecular weight excluding hydrogens is 396 g/mol.